The first kappa shape index (κ1) is 14.1. The number of rotatable bonds is 2. The highest BCUT2D eigenvalue weighted by molar-refractivity contribution is 9.10. The summed E-state index contributed by atoms with van der Waals surface area (Å²) in [7, 11) is 0. The van der Waals surface area contributed by atoms with Gasteiger partial charge in [-0.05, 0) is 36.4 Å². The van der Waals surface area contributed by atoms with Gasteiger partial charge >= 0.3 is 0 Å². The second kappa shape index (κ2) is 6.31. The number of nitrogens with zero attached hydrogens (tertiary/aromatic N) is 2. The van der Waals surface area contributed by atoms with E-state index < -0.39 is 0 Å². The van der Waals surface area contributed by atoms with Crippen molar-refractivity contribution in [1.29, 1.82) is 0 Å². The van der Waals surface area contributed by atoms with Crippen molar-refractivity contribution in [1.82, 2.24) is 4.90 Å². The molecule has 0 aliphatic carbocycles. The fourth-order valence-electron chi connectivity index (χ4n) is 2.58. The van der Waals surface area contributed by atoms with E-state index in [0.29, 0.717) is 0 Å². The molecule has 0 unspecified atom stereocenters. The normalized spacial score (nSPS) is 15.1. The molecule has 1 fully saturated rings. The molecule has 0 N–H and O–H groups in total. The maximum atomic E-state index is 12.4. The highest BCUT2D eigenvalue weighted by atomic mass is 79.9. The van der Waals surface area contributed by atoms with E-state index in [1.807, 2.05) is 35.2 Å². The lowest BCUT2D eigenvalue weighted by Crippen LogP contribution is -2.48. The predicted molar refractivity (Wildman–Crippen MR) is 88.7 cm³/mol. The molecule has 1 aliphatic rings. The van der Waals surface area contributed by atoms with E-state index in [-0.39, 0.29) is 5.91 Å². The van der Waals surface area contributed by atoms with E-state index in [0.717, 1.165) is 36.2 Å². The zero-order chi connectivity index (χ0) is 14.7. The van der Waals surface area contributed by atoms with Crippen LogP contribution >= 0.6 is 15.9 Å². The molecule has 1 saturated heterocycles. The van der Waals surface area contributed by atoms with Crippen LogP contribution in [0, 0.1) is 0 Å². The summed E-state index contributed by atoms with van der Waals surface area (Å²) in [6.07, 6.45) is 0. The summed E-state index contributed by atoms with van der Waals surface area (Å²) in [6.45, 7) is 3.30. The summed E-state index contributed by atoms with van der Waals surface area (Å²) in [5, 5.41) is 0. The van der Waals surface area contributed by atoms with Gasteiger partial charge in [0.05, 0.1) is 0 Å². The Labute approximate surface area is 133 Å². The van der Waals surface area contributed by atoms with Crippen molar-refractivity contribution >= 4 is 27.5 Å². The van der Waals surface area contributed by atoms with Crippen molar-refractivity contribution in [2.75, 3.05) is 31.1 Å². The molecule has 4 heteroatoms. The Morgan fingerprint density at radius 3 is 2.10 bits per heavy atom. The number of carbonyl (C=O) groups is 1. The summed E-state index contributed by atoms with van der Waals surface area (Å²) in [4.78, 5) is 16.7. The molecular weight excluding hydrogens is 328 g/mol. The Bertz CT molecular complexity index is 604. The van der Waals surface area contributed by atoms with E-state index in [1.165, 1.54) is 5.69 Å². The average molecular weight is 345 g/mol. The van der Waals surface area contributed by atoms with Crippen LogP contribution in [0.5, 0.6) is 0 Å². The molecule has 3 rings (SSSR count). The Balaban J connectivity index is 1.63. The number of hydrogen-bond donors (Lipinski definition) is 0. The minimum absolute atomic E-state index is 0.121. The molecule has 21 heavy (non-hydrogen) atoms. The van der Waals surface area contributed by atoms with Crippen LogP contribution in [0.15, 0.2) is 59.1 Å². The van der Waals surface area contributed by atoms with Crippen LogP contribution in [0.25, 0.3) is 0 Å². The van der Waals surface area contributed by atoms with Crippen LogP contribution in [-0.2, 0) is 0 Å². The second-order valence-corrected chi connectivity index (χ2v) is 6.04. The zero-order valence-corrected chi connectivity index (χ0v) is 13.3. The van der Waals surface area contributed by atoms with Gasteiger partial charge in [-0.3, -0.25) is 4.79 Å². The lowest BCUT2D eigenvalue weighted by molar-refractivity contribution is 0.0747. The van der Waals surface area contributed by atoms with E-state index in [1.54, 1.807) is 0 Å². The SMILES string of the molecule is O=C(c1ccc(Br)cc1)N1CCN(c2ccccc2)CC1. The van der Waals surface area contributed by atoms with Gasteiger partial charge in [-0.1, -0.05) is 34.1 Å². The minimum Gasteiger partial charge on any atom is -0.368 e. The van der Waals surface area contributed by atoms with Crippen molar-refractivity contribution in [2.24, 2.45) is 0 Å². The van der Waals surface area contributed by atoms with Crippen LogP contribution in [0.4, 0.5) is 5.69 Å². The summed E-state index contributed by atoms with van der Waals surface area (Å²) < 4.78 is 0.993. The average Bonchev–Trinajstić information content (AvgIpc) is 2.56. The van der Waals surface area contributed by atoms with Gasteiger partial charge in [0.1, 0.15) is 0 Å². The van der Waals surface area contributed by atoms with Gasteiger partial charge < -0.3 is 9.80 Å². The van der Waals surface area contributed by atoms with E-state index in [2.05, 4.69) is 45.1 Å². The van der Waals surface area contributed by atoms with Crippen molar-refractivity contribution in [3.63, 3.8) is 0 Å². The lowest BCUT2D eigenvalue weighted by atomic mass is 10.1. The second-order valence-electron chi connectivity index (χ2n) is 5.12. The van der Waals surface area contributed by atoms with E-state index in [4.69, 9.17) is 0 Å². The number of benzene rings is 2. The third kappa shape index (κ3) is 3.27. The minimum atomic E-state index is 0.121. The van der Waals surface area contributed by atoms with Gasteiger partial charge in [-0.25, -0.2) is 0 Å². The van der Waals surface area contributed by atoms with Crippen molar-refractivity contribution in [2.45, 2.75) is 0 Å². The third-order valence-corrected chi connectivity index (χ3v) is 4.31. The van der Waals surface area contributed by atoms with Gasteiger partial charge in [0.2, 0.25) is 0 Å². The number of piperazine rings is 1. The maximum Gasteiger partial charge on any atom is 0.253 e. The van der Waals surface area contributed by atoms with Crippen LogP contribution in [-0.4, -0.2) is 37.0 Å². The number of para-hydroxylation sites is 1. The van der Waals surface area contributed by atoms with Crippen LogP contribution in [0.3, 0.4) is 0 Å². The molecule has 1 amide bonds. The highest BCUT2D eigenvalue weighted by Crippen LogP contribution is 2.17. The standard InChI is InChI=1S/C17H17BrN2O/c18-15-8-6-14(7-9-15)17(21)20-12-10-19(11-13-20)16-4-2-1-3-5-16/h1-9H,10-13H2. The highest BCUT2D eigenvalue weighted by Gasteiger charge is 2.22. The van der Waals surface area contributed by atoms with E-state index >= 15 is 0 Å². The molecule has 0 aromatic heterocycles. The Morgan fingerprint density at radius 1 is 0.857 bits per heavy atom. The molecule has 0 spiro atoms. The molecular formula is C17H17BrN2O. The molecule has 2 aromatic carbocycles. The van der Waals surface area contributed by atoms with Gasteiger partial charge in [0.25, 0.3) is 5.91 Å². The smallest absolute Gasteiger partial charge is 0.253 e. The van der Waals surface area contributed by atoms with Crippen LogP contribution < -0.4 is 4.90 Å². The molecule has 0 atom stereocenters. The van der Waals surface area contributed by atoms with Crippen molar-refractivity contribution < 1.29 is 4.79 Å². The lowest BCUT2D eigenvalue weighted by Gasteiger charge is -2.36. The number of anilines is 1. The number of amides is 1. The topological polar surface area (TPSA) is 23.6 Å². The fraction of sp³-hybridized carbons (Fsp3) is 0.235. The first-order valence-corrected chi connectivity index (χ1v) is 7.88. The number of halogens is 1. The third-order valence-electron chi connectivity index (χ3n) is 3.78. The summed E-state index contributed by atoms with van der Waals surface area (Å²) in [6, 6.07) is 17.9. The Morgan fingerprint density at radius 2 is 1.48 bits per heavy atom. The van der Waals surface area contributed by atoms with Crippen LogP contribution in [0.2, 0.25) is 0 Å². The monoisotopic (exact) mass is 344 g/mol. The largest absolute Gasteiger partial charge is 0.368 e. The molecule has 0 radical (unpaired) electrons. The Kier molecular flexibility index (Phi) is 4.25. The predicted octanol–water partition coefficient (Wildman–Crippen LogP) is 3.41. The first-order valence-electron chi connectivity index (χ1n) is 7.09. The van der Waals surface area contributed by atoms with Crippen LogP contribution in [0.1, 0.15) is 10.4 Å². The molecule has 108 valence electrons. The molecule has 3 nitrogen and oxygen atoms in total. The summed E-state index contributed by atoms with van der Waals surface area (Å²) >= 11 is 3.39. The fourth-order valence-corrected chi connectivity index (χ4v) is 2.85. The molecule has 1 aliphatic heterocycles. The van der Waals surface area contributed by atoms with E-state index in [9.17, 15) is 4.79 Å². The first-order chi connectivity index (χ1) is 10.2. The summed E-state index contributed by atoms with van der Waals surface area (Å²) in [5.41, 5.74) is 1.99. The summed E-state index contributed by atoms with van der Waals surface area (Å²) in [5.74, 6) is 0.121. The zero-order valence-electron chi connectivity index (χ0n) is 11.7. The molecule has 1 heterocycles. The number of carbonyl (C=O) groups excluding carboxylic acids is 1. The number of hydrogen-bond acceptors (Lipinski definition) is 2. The quantitative estimate of drug-likeness (QED) is 0.833. The molecule has 0 bridgehead atoms. The van der Waals surface area contributed by atoms with Gasteiger partial charge in [0, 0.05) is 41.9 Å². The van der Waals surface area contributed by atoms with Gasteiger partial charge in [0.15, 0.2) is 0 Å². The van der Waals surface area contributed by atoms with Crippen molar-refractivity contribution in [3.05, 3.63) is 64.6 Å². The maximum absolute atomic E-state index is 12.4. The van der Waals surface area contributed by atoms with Crippen molar-refractivity contribution in [3.8, 4) is 0 Å². The Hall–Kier alpha value is -1.81. The van der Waals surface area contributed by atoms with Gasteiger partial charge in [-0.2, -0.15) is 0 Å². The molecule has 0 saturated carbocycles. The van der Waals surface area contributed by atoms with Gasteiger partial charge in [-0.15, -0.1) is 0 Å². The molecule has 2 aromatic rings.